The van der Waals surface area contributed by atoms with E-state index in [1.807, 2.05) is 24.3 Å². The molecular weight excluding hydrogens is 398 g/mol. The van der Waals surface area contributed by atoms with Crippen molar-refractivity contribution < 1.29 is 14.2 Å². The Kier molecular flexibility index (Phi) is 6.13. The van der Waals surface area contributed by atoms with Gasteiger partial charge in [0.05, 0.1) is 12.6 Å². The summed E-state index contributed by atoms with van der Waals surface area (Å²) >= 11 is 0. The van der Waals surface area contributed by atoms with Gasteiger partial charge in [0.1, 0.15) is 24.7 Å². The Hall–Kier alpha value is -3.24. The van der Waals surface area contributed by atoms with Crippen LogP contribution >= 0.6 is 0 Å². The molecule has 4 heteroatoms. The predicted octanol–water partition coefficient (Wildman–Crippen LogP) is 6.12. The first-order chi connectivity index (χ1) is 15.8. The van der Waals surface area contributed by atoms with E-state index < -0.39 is 0 Å². The number of anilines is 1. The highest BCUT2D eigenvalue weighted by atomic mass is 16.5. The van der Waals surface area contributed by atoms with Gasteiger partial charge in [-0.3, -0.25) is 0 Å². The third kappa shape index (κ3) is 4.23. The van der Waals surface area contributed by atoms with E-state index in [1.165, 1.54) is 22.4 Å². The van der Waals surface area contributed by atoms with E-state index in [1.54, 1.807) is 7.11 Å². The number of benzene rings is 3. The first-order valence-electron chi connectivity index (χ1n) is 11.3. The minimum Gasteiger partial charge on any atom is -0.491 e. The Labute approximate surface area is 189 Å². The quantitative estimate of drug-likeness (QED) is 0.347. The lowest BCUT2D eigenvalue weighted by molar-refractivity contribution is 0.146. The zero-order chi connectivity index (χ0) is 21.8. The molecule has 1 aliphatic heterocycles. The van der Waals surface area contributed by atoms with Crippen LogP contribution in [-0.2, 0) is 11.3 Å². The fraction of sp³-hybridized carbons (Fsp3) is 0.286. The van der Waals surface area contributed by atoms with E-state index in [9.17, 15) is 0 Å². The SMILES string of the molecule is COCCOc1ccc2c(c1)C1C=CCC1C(c1ccccc1OCc1ccccc1)N2. The third-order valence-electron chi connectivity index (χ3n) is 6.38. The Morgan fingerprint density at radius 1 is 0.875 bits per heavy atom. The molecule has 1 heterocycles. The maximum absolute atomic E-state index is 6.29. The molecule has 1 aliphatic carbocycles. The van der Waals surface area contributed by atoms with Gasteiger partial charge >= 0.3 is 0 Å². The Morgan fingerprint density at radius 2 is 1.72 bits per heavy atom. The molecule has 0 spiro atoms. The second kappa shape index (κ2) is 9.49. The van der Waals surface area contributed by atoms with Crippen LogP contribution in [0.2, 0.25) is 0 Å². The first-order valence-corrected chi connectivity index (χ1v) is 11.3. The van der Waals surface area contributed by atoms with Crippen molar-refractivity contribution in [1.82, 2.24) is 0 Å². The summed E-state index contributed by atoms with van der Waals surface area (Å²) in [6, 6.07) is 25.3. The molecule has 3 unspecified atom stereocenters. The summed E-state index contributed by atoms with van der Waals surface area (Å²) in [5, 5.41) is 3.82. The summed E-state index contributed by atoms with van der Waals surface area (Å²) in [6.45, 7) is 1.71. The molecule has 32 heavy (non-hydrogen) atoms. The molecule has 4 nitrogen and oxygen atoms in total. The van der Waals surface area contributed by atoms with Gasteiger partial charge in [0.25, 0.3) is 0 Å². The maximum atomic E-state index is 6.29. The van der Waals surface area contributed by atoms with Crippen LogP contribution in [0.5, 0.6) is 11.5 Å². The topological polar surface area (TPSA) is 39.7 Å². The smallest absolute Gasteiger partial charge is 0.125 e. The van der Waals surface area contributed by atoms with E-state index in [0.717, 1.165) is 17.9 Å². The van der Waals surface area contributed by atoms with Gasteiger partial charge in [-0.2, -0.15) is 0 Å². The van der Waals surface area contributed by atoms with Gasteiger partial charge in [-0.15, -0.1) is 0 Å². The maximum Gasteiger partial charge on any atom is 0.125 e. The zero-order valence-electron chi connectivity index (χ0n) is 18.4. The average molecular weight is 428 g/mol. The van der Waals surface area contributed by atoms with Gasteiger partial charge in [-0.1, -0.05) is 60.7 Å². The molecule has 1 N–H and O–H groups in total. The molecule has 0 saturated heterocycles. The fourth-order valence-electron chi connectivity index (χ4n) is 4.82. The molecular formula is C28H29NO3. The van der Waals surface area contributed by atoms with Crippen molar-refractivity contribution in [3.63, 3.8) is 0 Å². The minimum atomic E-state index is 0.190. The first kappa shape index (κ1) is 20.7. The summed E-state index contributed by atoms with van der Waals surface area (Å²) in [7, 11) is 1.69. The van der Waals surface area contributed by atoms with E-state index in [0.29, 0.717) is 31.7 Å². The number of nitrogens with one attached hydrogen (secondary N) is 1. The lowest BCUT2D eigenvalue weighted by Crippen LogP contribution is -2.29. The molecule has 5 rings (SSSR count). The Balaban J connectivity index is 1.40. The van der Waals surface area contributed by atoms with Crippen molar-refractivity contribution in [3.05, 3.63) is 102 Å². The lowest BCUT2D eigenvalue weighted by Gasteiger charge is -2.38. The van der Waals surface area contributed by atoms with Crippen LogP contribution in [-0.4, -0.2) is 20.3 Å². The van der Waals surface area contributed by atoms with E-state index in [2.05, 4.69) is 66.0 Å². The second-order valence-electron chi connectivity index (χ2n) is 8.38. The molecule has 3 atom stereocenters. The number of methoxy groups -OCH3 is 1. The Bertz CT molecular complexity index is 1080. The monoisotopic (exact) mass is 427 g/mol. The average Bonchev–Trinajstić information content (AvgIpc) is 3.34. The molecule has 2 aliphatic rings. The number of rotatable bonds is 8. The van der Waals surface area contributed by atoms with Crippen LogP contribution in [0, 0.1) is 5.92 Å². The fourth-order valence-corrected chi connectivity index (χ4v) is 4.82. The van der Waals surface area contributed by atoms with Crippen LogP contribution in [0.15, 0.2) is 84.9 Å². The third-order valence-corrected chi connectivity index (χ3v) is 6.38. The Morgan fingerprint density at radius 3 is 2.59 bits per heavy atom. The second-order valence-corrected chi connectivity index (χ2v) is 8.38. The molecule has 164 valence electrons. The summed E-state index contributed by atoms with van der Waals surface area (Å²) in [4.78, 5) is 0. The van der Waals surface area contributed by atoms with Crippen molar-refractivity contribution >= 4 is 5.69 Å². The largest absolute Gasteiger partial charge is 0.491 e. The highest BCUT2D eigenvalue weighted by Gasteiger charge is 2.39. The van der Waals surface area contributed by atoms with E-state index in [4.69, 9.17) is 14.2 Å². The number of hydrogen-bond acceptors (Lipinski definition) is 4. The van der Waals surface area contributed by atoms with Crippen molar-refractivity contribution in [2.45, 2.75) is 25.0 Å². The van der Waals surface area contributed by atoms with E-state index >= 15 is 0 Å². The molecule has 3 aromatic rings. The highest BCUT2D eigenvalue weighted by Crippen LogP contribution is 2.51. The van der Waals surface area contributed by atoms with Crippen LogP contribution in [0.4, 0.5) is 5.69 Å². The van der Waals surface area contributed by atoms with Crippen LogP contribution in [0.1, 0.15) is 35.1 Å². The molecule has 0 aromatic heterocycles. The highest BCUT2D eigenvalue weighted by molar-refractivity contribution is 5.62. The predicted molar refractivity (Wildman–Crippen MR) is 127 cm³/mol. The number of fused-ring (bicyclic) bond motifs is 3. The van der Waals surface area contributed by atoms with Crippen molar-refractivity contribution in [2.24, 2.45) is 5.92 Å². The summed E-state index contributed by atoms with van der Waals surface area (Å²) in [6.07, 6.45) is 5.71. The number of allylic oxidation sites excluding steroid dienone is 2. The normalized spacial score (nSPS) is 20.8. The molecule has 0 saturated carbocycles. The van der Waals surface area contributed by atoms with Crippen molar-refractivity contribution in [1.29, 1.82) is 0 Å². The van der Waals surface area contributed by atoms with Crippen molar-refractivity contribution in [3.8, 4) is 11.5 Å². The van der Waals surface area contributed by atoms with Gasteiger partial charge in [0, 0.05) is 24.3 Å². The van der Waals surface area contributed by atoms with Crippen molar-refractivity contribution in [2.75, 3.05) is 25.6 Å². The number of para-hydroxylation sites is 1. The molecule has 0 bridgehead atoms. The summed E-state index contributed by atoms with van der Waals surface area (Å²) < 4.78 is 17.3. The van der Waals surface area contributed by atoms with Crippen LogP contribution in [0.25, 0.3) is 0 Å². The minimum absolute atomic E-state index is 0.190. The van der Waals surface area contributed by atoms with Gasteiger partial charge in [-0.25, -0.2) is 0 Å². The molecule has 0 radical (unpaired) electrons. The molecule has 3 aromatic carbocycles. The van der Waals surface area contributed by atoms with Crippen LogP contribution < -0.4 is 14.8 Å². The number of hydrogen-bond donors (Lipinski definition) is 1. The number of ether oxygens (including phenoxy) is 3. The van der Waals surface area contributed by atoms with Gasteiger partial charge in [0.15, 0.2) is 0 Å². The molecule has 0 amide bonds. The summed E-state index contributed by atoms with van der Waals surface area (Å²) in [5.41, 5.74) is 4.86. The van der Waals surface area contributed by atoms with Gasteiger partial charge < -0.3 is 19.5 Å². The lowest BCUT2D eigenvalue weighted by atomic mass is 9.77. The standard InChI is InChI=1S/C28H29NO3/c1-30-16-17-31-21-14-15-26-25(18-21)22-11-7-12-23(22)28(29-26)24-10-5-6-13-27(24)32-19-20-8-3-2-4-9-20/h2-11,13-15,18,22-23,28-29H,12,16-17,19H2,1H3. The zero-order valence-corrected chi connectivity index (χ0v) is 18.4. The van der Waals surface area contributed by atoms with Gasteiger partial charge in [0.2, 0.25) is 0 Å². The molecule has 0 fully saturated rings. The van der Waals surface area contributed by atoms with Crippen LogP contribution in [0.3, 0.4) is 0 Å². The summed E-state index contributed by atoms with van der Waals surface area (Å²) in [5.74, 6) is 2.65. The van der Waals surface area contributed by atoms with E-state index in [-0.39, 0.29) is 6.04 Å². The van der Waals surface area contributed by atoms with Gasteiger partial charge in [-0.05, 0) is 47.7 Å².